The molecule has 0 radical (unpaired) electrons. The van der Waals surface area contributed by atoms with E-state index >= 15 is 0 Å². The molecule has 2 aliphatic heterocycles. The van der Waals surface area contributed by atoms with Crippen molar-refractivity contribution in [3.8, 4) is 0 Å². The normalized spacial score (nSPS) is 14.7. The maximum atomic E-state index is 13.0. The largest absolute Gasteiger partial charge is 0.352 e. The van der Waals surface area contributed by atoms with Crippen LogP contribution in [-0.2, 0) is 0 Å². The smallest absolute Gasteiger partial charge is 0.267 e. The third-order valence-corrected chi connectivity index (χ3v) is 12.2. The number of benzene rings is 2. The van der Waals surface area contributed by atoms with E-state index in [4.69, 9.17) is 11.6 Å². The van der Waals surface area contributed by atoms with Gasteiger partial charge in [0, 0.05) is 97.3 Å². The molecule has 12 nitrogen and oxygen atoms in total. The highest BCUT2D eigenvalue weighted by atomic mass is 35.5. The molecule has 0 aliphatic carbocycles. The van der Waals surface area contributed by atoms with E-state index in [0.717, 1.165) is 107 Å². The van der Waals surface area contributed by atoms with E-state index in [1.165, 1.54) is 12.1 Å². The van der Waals surface area contributed by atoms with E-state index in [2.05, 4.69) is 25.6 Å². The van der Waals surface area contributed by atoms with Crippen LogP contribution in [-0.4, -0.2) is 92.0 Å². The minimum absolute atomic E-state index is 0.0185. The zero-order chi connectivity index (χ0) is 43.3. The number of rotatable bonds is 14. The fourth-order valence-corrected chi connectivity index (χ4v) is 8.39. The van der Waals surface area contributed by atoms with Crippen LogP contribution in [0.2, 0.25) is 5.02 Å². The Kier molecular flexibility index (Phi) is 15.3. The van der Waals surface area contributed by atoms with Crippen molar-refractivity contribution >= 4 is 51.8 Å². The minimum Gasteiger partial charge on any atom is -0.352 e. The number of imidazole rings is 1. The number of likely N-dealkylation sites (tertiary alicyclic amines) is 2. The molecular formula is C48H54ClFN8O4. The maximum absolute atomic E-state index is 13.0. The second-order valence-corrected chi connectivity index (χ2v) is 16.7. The van der Waals surface area contributed by atoms with Crippen molar-refractivity contribution in [1.29, 1.82) is 0 Å². The first kappa shape index (κ1) is 44.0. The number of carbonyl (C=O) groups excluding carboxylic acids is 4. The molecule has 2 aromatic carbocycles. The summed E-state index contributed by atoms with van der Waals surface area (Å²) in [7, 11) is 0. The number of aromatic nitrogens is 4. The molecule has 4 aromatic heterocycles. The fourth-order valence-electron chi connectivity index (χ4n) is 8.27. The van der Waals surface area contributed by atoms with Crippen LogP contribution in [0.1, 0.15) is 106 Å². The number of piperidine rings is 2. The van der Waals surface area contributed by atoms with Crippen LogP contribution in [0.4, 0.5) is 4.39 Å². The molecular weight excluding hydrogens is 807 g/mol. The van der Waals surface area contributed by atoms with Gasteiger partial charge in [-0.3, -0.25) is 24.2 Å². The van der Waals surface area contributed by atoms with Gasteiger partial charge in [-0.1, -0.05) is 37.3 Å². The molecule has 0 atom stereocenters. The lowest BCUT2D eigenvalue weighted by Gasteiger charge is -2.32. The average molecular weight is 861 g/mol. The molecule has 3 N–H and O–H groups in total. The number of fused-ring (bicyclic) bond motifs is 2. The quantitative estimate of drug-likeness (QED) is 0.0937. The lowest BCUT2D eigenvalue weighted by molar-refractivity contribution is 0.0678. The van der Waals surface area contributed by atoms with Gasteiger partial charge in [-0.2, -0.15) is 0 Å². The van der Waals surface area contributed by atoms with Gasteiger partial charge < -0.3 is 29.8 Å². The first-order chi connectivity index (χ1) is 30.2. The Hall–Kier alpha value is -6.08. The highest BCUT2D eigenvalue weighted by Gasteiger charge is 2.25. The van der Waals surface area contributed by atoms with E-state index in [9.17, 15) is 23.6 Å². The number of halogens is 2. The summed E-state index contributed by atoms with van der Waals surface area (Å²) in [5, 5.41) is 7.56. The van der Waals surface area contributed by atoms with E-state index in [-0.39, 0.29) is 29.4 Å². The molecule has 0 bridgehead atoms. The molecule has 0 spiro atoms. The van der Waals surface area contributed by atoms with E-state index in [1.807, 2.05) is 38.6 Å². The number of hydrogen-bond donors (Lipinski definition) is 3. The molecule has 14 heteroatoms. The summed E-state index contributed by atoms with van der Waals surface area (Å²) >= 11 is 5.91. The standard InChI is InChI=1S/C24H27ClN4O2.C24H27FN4O2/c25-20-6-4-18(5-7-20)24(31)29-13-9-17(10-14-29)3-1-2-11-27-23(30)22-15-19-16-26-12-8-21(19)28-22;25-21-7-4-19(5-8-21)24(31)28-14-10-18(11-15-28)3-1-2-12-27-23(30)20-6-9-22-26-13-16-29(22)17-20/h4-8,12,15-17,28H,1-3,9-11,13-14H2,(H,27,30);4-9,13,16-18H,1-3,10-12,14-15H2,(H,27,30). The molecule has 324 valence electrons. The Labute approximate surface area is 366 Å². The fraction of sp³-hybridized carbons (Fsp3) is 0.375. The molecule has 0 saturated carbocycles. The maximum Gasteiger partial charge on any atom is 0.267 e. The van der Waals surface area contributed by atoms with Crippen LogP contribution in [0, 0.1) is 17.7 Å². The van der Waals surface area contributed by atoms with Crippen LogP contribution in [0.5, 0.6) is 0 Å². The van der Waals surface area contributed by atoms with Crippen LogP contribution in [0.3, 0.4) is 0 Å². The number of unbranched alkanes of at least 4 members (excludes halogenated alkanes) is 2. The molecule has 2 aliphatic rings. The highest BCUT2D eigenvalue weighted by molar-refractivity contribution is 6.30. The molecule has 0 unspecified atom stereocenters. The molecule has 6 heterocycles. The number of carbonyl (C=O) groups is 4. The first-order valence-corrected chi connectivity index (χ1v) is 22.1. The van der Waals surface area contributed by atoms with Crippen LogP contribution >= 0.6 is 11.6 Å². The SMILES string of the molecule is O=C(NCCCCC1CCN(C(=O)c2ccc(Cl)cc2)CC1)c1cc2cnccc2[nH]1.O=C(NCCCCC1CCN(C(=O)c2ccc(F)cc2)CC1)c1ccc2nccn2c1. The van der Waals surface area contributed by atoms with Crippen molar-refractivity contribution in [1.82, 2.24) is 39.8 Å². The number of H-pyrrole nitrogens is 1. The van der Waals surface area contributed by atoms with Crippen LogP contribution < -0.4 is 10.6 Å². The van der Waals surface area contributed by atoms with Crippen LogP contribution in [0.25, 0.3) is 16.6 Å². The number of nitrogens with one attached hydrogen (secondary N) is 3. The van der Waals surface area contributed by atoms with Crippen molar-refractivity contribution < 1.29 is 23.6 Å². The lowest BCUT2D eigenvalue weighted by atomic mass is 9.91. The first-order valence-electron chi connectivity index (χ1n) is 21.7. The van der Waals surface area contributed by atoms with Crippen molar-refractivity contribution in [3.05, 3.63) is 137 Å². The summed E-state index contributed by atoms with van der Waals surface area (Å²) in [4.78, 5) is 64.9. The molecule has 2 saturated heterocycles. The predicted molar refractivity (Wildman–Crippen MR) is 239 cm³/mol. The second-order valence-electron chi connectivity index (χ2n) is 16.2. The Balaban J connectivity index is 0.000000186. The van der Waals surface area contributed by atoms with Gasteiger partial charge in [0.2, 0.25) is 0 Å². The number of amides is 4. The monoisotopic (exact) mass is 860 g/mol. The zero-order valence-corrected chi connectivity index (χ0v) is 35.7. The number of nitrogens with zero attached hydrogens (tertiary/aromatic N) is 5. The van der Waals surface area contributed by atoms with Gasteiger partial charge in [-0.15, -0.1) is 0 Å². The molecule has 2 fully saturated rings. The lowest BCUT2D eigenvalue weighted by Crippen LogP contribution is -2.38. The molecule has 6 aromatic rings. The summed E-state index contributed by atoms with van der Waals surface area (Å²) < 4.78 is 14.9. The van der Waals surface area contributed by atoms with Crippen molar-refractivity contribution in [3.63, 3.8) is 0 Å². The molecule has 8 rings (SSSR count). The van der Waals surface area contributed by atoms with Gasteiger partial charge in [0.05, 0.1) is 5.56 Å². The average Bonchev–Trinajstić information content (AvgIpc) is 3.97. The predicted octanol–water partition coefficient (Wildman–Crippen LogP) is 8.59. The molecule has 62 heavy (non-hydrogen) atoms. The summed E-state index contributed by atoms with van der Waals surface area (Å²) in [6.07, 6.45) is 19.1. The van der Waals surface area contributed by atoms with E-state index < -0.39 is 0 Å². The zero-order valence-electron chi connectivity index (χ0n) is 34.9. The number of hydrogen-bond acceptors (Lipinski definition) is 6. The highest BCUT2D eigenvalue weighted by Crippen LogP contribution is 2.25. The number of pyridine rings is 2. The minimum atomic E-state index is -0.328. The Morgan fingerprint density at radius 3 is 1.85 bits per heavy atom. The topological polar surface area (TPSA) is 145 Å². The van der Waals surface area contributed by atoms with Gasteiger partial charge >= 0.3 is 0 Å². The van der Waals surface area contributed by atoms with Crippen molar-refractivity contribution in [2.75, 3.05) is 39.3 Å². The van der Waals surface area contributed by atoms with E-state index in [1.54, 1.807) is 67.3 Å². The second kappa shape index (κ2) is 21.6. The Bertz CT molecular complexity index is 2290. The Morgan fingerprint density at radius 1 is 0.694 bits per heavy atom. The third kappa shape index (κ3) is 12.1. The van der Waals surface area contributed by atoms with Crippen molar-refractivity contribution in [2.45, 2.75) is 64.2 Å². The van der Waals surface area contributed by atoms with Gasteiger partial charge in [0.25, 0.3) is 23.6 Å². The summed E-state index contributed by atoms with van der Waals surface area (Å²) in [5.41, 5.74) is 4.18. The third-order valence-electron chi connectivity index (χ3n) is 12.0. The van der Waals surface area contributed by atoms with Gasteiger partial charge in [-0.05, 0) is 123 Å². The molecule has 4 amide bonds. The number of aromatic amines is 1. The summed E-state index contributed by atoms with van der Waals surface area (Å²) in [6, 6.07) is 20.2. The van der Waals surface area contributed by atoms with Gasteiger partial charge in [-0.25, -0.2) is 9.37 Å². The Morgan fingerprint density at radius 2 is 1.26 bits per heavy atom. The van der Waals surface area contributed by atoms with Crippen LogP contribution in [0.15, 0.2) is 104 Å². The van der Waals surface area contributed by atoms with Gasteiger partial charge in [0.1, 0.15) is 17.2 Å². The summed E-state index contributed by atoms with van der Waals surface area (Å²) in [6.45, 7) is 4.42. The summed E-state index contributed by atoms with van der Waals surface area (Å²) in [5.74, 6) is 0.850. The van der Waals surface area contributed by atoms with E-state index in [0.29, 0.717) is 52.3 Å². The van der Waals surface area contributed by atoms with Crippen molar-refractivity contribution in [2.24, 2.45) is 11.8 Å². The van der Waals surface area contributed by atoms with Gasteiger partial charge in [0.15, 0.2) is 0 Å².